The second kappa shape index (κ2) is 5.29. The van der Waals surface area contributed by atoms with E-state index in [9.17, 15) is 0 Å². The molecule has 0 radical (unpaired) electrons. The molecule has 2 atom stereocenters. The summed E-state index contributed by atoms with van der Waals surface area (Å²) in [5, 5.41) is 0. The van der Waals surface area contributed by atoms with Gasteiger partial charge in [0.1, 0.15) is 11.6 Å². The second-order valence-corrected chi connectivity index (χ2v) is 5.32. The zero-order chi connectivity index (χ0) is 14.1. The maximum absolute atomic E-state index is 6.15. The quantitative estimate of drug-likeness (QED) is 0.934. The van der Waals surface area contributed by atoms with Crippen molar-refractivity contribution < 1.29 is 4.74 Å². The van der Waals surface area contributed by atoms with Crippen LogP contribution in [0.1, 0.15) is 32.1 Å². The SMILES string of the molecule is CCOc1ccccc1-c1cn2c(n1)CCC(N)C2C. The van der Waals surface area contributed by atoms with Gasteiger partial charge in [-0.3, -0.25) is 0 Å². The molecule has 1 aromatic carbocycles. The van der Waals surface area contributed by atoms with Crippen molar-refractivity contribution in [2.24, 2.45) is 5.73 Å². The number of hydrogen-bond acceptors (Lipinski definition) is 3. The minimum Gasteiger partial charge on any atom is -0.493 e. The summed E-state index contributed by atoms with van der Waals surface area (Å²) >= 11 is 0. The first-order valence-corrected chi connectivity index (χ1v) is 7.26. The van der Waals surface area contributed by atoms with Gasteiger partial charge in [-0.05, 0) is 32.4 Å². The van der Waals surface area contributed by atoms with Crippen molar-refractivity contribution in [1.29, 1.82) is 0 Å². The highest BCUT2D eigenvalue weighted by molar-refractivity contribution is 5.66. The van der Waals surface area contributed by atoms with E-state index < -0.39 is 0 Å². The molecule has 4 heteroatoms. The van der Waals surface area contributed by atoms with Gasteiger partial charge in [0.05, 0.1) is 12.3 Å². The van der Waals surface area contributed by atoms with Gasteiger partial charge in [-0.2, -0.15) is 0 Å². The van der Waals surface area contributed by atoms with Crippen LogP contribution in [0.25, 0.3) is 11.3 Å². The molecule has 2 N–H and O–H groups in total. The highest BCUT2D eigenvalue weighted by Gasteiger charge is 2.25. The molecule has 3 rings (SSSR count). The molecule has 20 heavy (non-hydrogen) atoms. The molecule has 2 heterocycles. The van der Waals surface area contributed by atoms with Crippen molar-refractivity contribution in [3.05, 3.63) is 36.3 Å². The second-order valence-electron chi connectivity index (χ2n) is 5.32. The number of nitrogens with zero attached hydrogens (tertiary/aromatic N) is 2. The molecule has 1 aromatic heterocycles. The van der Waals surface area contributed by atoms with Gasteiger partial charge in [0.15, 0.2) is 0 Å². The number of fused-ring (bicyclic) bond motifs is 1. The van der Waals surface area contributed by atoms with E-state index in [0.717, 1.165) is 35.7 Å². The molecule has 0 bridgehead atoms. The smallest absolute Gasteiger partial charge is 0.128 e. The number of hydrogen-bond donors (Lipinski definition) is 1. The lowest BCUT2D eigenvalue weighted by atomic mass is 10.0. The zero-order valence-electron chi connectivity index (χ0n) is 12.0. The normalized spacial score (nSPS) is 21.6. The first-order chi connectivity index (χ1) is 9.70. The summed E-state index contributed by atoms with van der Waals surface area (Å²) in [5.74, 6) is 2.02. The van der Waals surface area contributed by atoms with Crippen molar-refractivity contribution in [3.8, 4) is 17.0 Å². The molecule has 1 aliphatic rings. The van der Waals surface area contributed by atoms with Gasteiger partial charge in [0.2, 0.25) is 0 Å². The van der Waals surface area contributed by atoms with Crippen LogP contribution in [0.2, 0.25) is 0 Å². The summed E-state index contributed by atoms with van der Waals surface area (Å²) in [7, 11) is 0. The molecular weight excluding hydrogens is 250 g/mol. The van der Waals surface area contributed by atoms with Gasteiger partial charge in [0.25, 0.3) is 0 Å². The average Bonchev–Trinajstić information content (AvgIpc) is 2.89. The lowest BCUT2D eigenvalue weighted by Gasteiger charge is -2.27. The van der Waals surface area contributed by atoms with Crippen LogP contribution in [-0.2, 0) is 6.42 Å². The maximum atomic E-state index is 6.15. The number of nitrogens with two attached hydrogens (primary N) is 1. The van der Waals surface area contributed by atoms with Crippen LogP contribution >= 0.6 is 0 Å². The summed E-state index contributed by atoms with van der Waals surface area (Å²) in [5.41, 5.74) is 8.17. The number of para-hydroxylation sites is 1. The van der Waals surface area contributed by atoms with E-state index in [1.165, 1.54) is 0 Å². The van der Waals surface area contributed by atoms with Crippen LogP contribution < -0.4 is 10.5 Å². The van der Waals surface area contributed by atoms with E-state index >= 15 is 0 Å². The number of rotatable bonds is 3. The lowest BCUT2D eigenvalue weighted by Crippen LogP contribution is -2.35. The van der Waals surface area contributed by atoms with Crippen LogP contribution in [0.5, 0.6) is 5.75 Å². The lowest BCUT2D eigenvalue weighted by molar-refractivity contribution is 0.341. The minimum absolute atomic E-state index is 0.215. The van der Waals surface area contributed by atoms with Gasteiger partial charge < -0.3 is 15.0 Å². The van der Waals surface area contributed by atoms with Gasteiger partial charge in [0, 0.05) is 30.3 Å². The summed E-state index contributed by atoms with van der Waals surface area (Å²) in [6.07, 6.45) is 4.06. The van der Waals surface area contributed by atoms with Gasteiger partial charge in [-0.15, -0.1) is 0 Å². The van der Waals surface area contributed by atoms with E-state index in [0.29, 0.717) is 12.6 Å². The first kappa shape index (κ1) is 13.2. The fourth-order valence-electron chi connectivity index (χ4n) is 2.80. The third-order valence-electron chi connectivity index (χ3n) is 4.03. The summed E-state index contributed by atoms with van der Waals surface area (Å²) in [4.78, 5) is 4.78. The molecule has 0 fully saturated rings. The third kappa shape index (κ3) is 2.20. The Balaban J connectivity index is 2.02. The standard InChI is InChI=1S/C16H21N3O/c1-3-20-15-7-5-4-6-12(15)14-10-19-11(2)13(17)8-9-16(19)18-14/h4-7,10-11,13H,3,8-9,17H2,1-2H3. The zero-order valence-corrected chi connectivity index (χ0v) is 12.0. The Labute approximate surface area is 119 Å². The predicted octanol–water partition coefficient (Wildman–Crippen LogP) is 2.78. The molecule has 0 spiro atoms. The molecule has 2 unspecified atom stereocenters. The Kier molecular flexibility index (Phi) is 3.49. The topological polar surface area (TPSA) is 53.1 Å². The highest BCUT2D eigenvalue weighted by Crippen LogP contribution is 2.32. The molecular formula is C16H21N3O. The number of benzene rings is 1. The van der Waals surface area contributed by atoms with E-state index in [4.69, 9.17) is 15.5 Å². The van der Waals surface area contributed by atoms with Crippen molar-refractivity contribution in [3.63, 3.8) is 0 Å². The average molecular weight is 271 g/mol. The van der Waals surface area contributed by atoms with Crippen molar-refractivity contribution >= 4 is 0 Å². The van der Waals surface area contributed by atoms with Crippen molar-refractivity contribution in [2.45, 2.75) is 38.8 Å². The Hall–Kier alpha value is -1.81. The Morgan fingerprint density at radius 1 is 1.40 bits per heavy atom. The monoisotopic (exact) mass is 271 g/mol. The Bertz CT molecular complexity index is 606. The molecule has 2 aromatic rings. The van der Waals surface area contributed by atoms with E-state index in [-0.39, 0.29) is 6.04 Å². The Morgan fingerprint density at radius 2 is 2.20 bits per heavy atom. The molecule has 0 aliphatic carbocycles. The van der Waals surface area contributed by atoms with Gasteiger partial charge in [-0.25, -0.2) is 4.98 Å². The molecule has 4 nitrogen and oxygen atoms in total. The van der Waals surface area contributed by atoms with Crippen LogP contribution in [0, 0.1) is 0 Å². The van der Waals surface area contributed by atoms with E-state index in [1.807, 2.05) is 25.1 Å². The number of aromatic nitrogens is 2. The van der Waals surface area contributed by atoms with Crippen molar-refractivity contribution in [1.82, 2.24) is 9.55 Å². The fraction of sp³-hybridized carbons (Fsp3) is 0.438. The summed E-state index contributed by atoms with van der Waals surface area (Å²) in [6.45, 7) is 4.81. The van der Waals surface area contributed by atoms with E-state index in [1.54, 1.807) is 0 Å². The predicted molar refractivity (Wildman–Crippen MR) is 79.8 cm³/mol. The van der Waals surface area contributed by atoms with Crippen LogP contribution in [-0.4, -0.2) is 22.2 Å². The number of imidazole rings is 1. The maximum Gasteiger partial charge on any atom is 0.128 e. The molecule has 1 aliphatic heterocycles. The molecule has 0 saturated carbocycles. The molecule has 106 valence electrons. The van der Waals surface area contributed by atoms with Gasteiger partial charge in [-0.1, -0.05) is 12.1 Å². The van der Waals surface area contributed by atoms with Crippen LogP contribution in [0.3, 0.4) is 0 Å². The number of aryl methyl sites for hydroxylation is 1. The minimum atomic E-state index is 0.215. The van der Waals surface area contributed by atoms with Crippen LogP contribution in [0.4, 0.5) is 0 Å². The Morgan fingerprint density at radius 3 is 3.00 bits per heavy atom. The number of ether oxygens (including phenoxy) is 1. The van der Waals surface area contributed by atoms with E-state index in [2.05, 4.69) is 23.8 Å². The molecule has 0 amide bonds. The fourth-order valence-corrected chi connectivity index (χ4v) is 2.80. The molecule has 0 saturated heterocycles. The van der Waals surface area contributed by atoms with Gasteiger partial charge >= 0.3 is 0 Å². The van der Waals surface area contributed by atoms with Crippen molar-refractivity contribution in [2.75, 3.05) is 6.61 Å². The third-order valence-corrected chi connectivity index (χ3v) is 4.03. The first-order valence-electron chi connectivity index (χ1n) is 7.26. The largest absolute Gasteiger partial charge is 0.493 e. The summed E-state index contributed by atoms with van der Waals surface area (Å²) in [6, 6.07) is 8.58. The van der Waals surface area contributed by atoms with Crippen LogP contribution in [0.15, 0.2) is 30.5 Å². The summed E-state index contributed by atoms with van der Waals surface area (Å²) < 4.78 is 7.91. The highest BCUT2D eigenvalue weighted by atomic mass is 16.5.